The highest BCUT2D eigenvalue weighted by atomic mass is 35.5. The van der Waals surface area contributed by atoms with Crippen molar-refractivity contribution in [2.75, 3.05) is 5.32 Å². The predicted octanol–water partition coefficient (Wildman–Crippen LogP) is 3.33. The maximum absolute atomic E-state index is 12.2. The molecule has 7 heteroatoms. The lowest BCUT2D eigenvalue weighted by Crippen LogP contribution is -2.42. The minimum absolute atomic E-state index is 0.110. The highest BCUT2D eigenvalue weighted by Gasteiger charge is 2.21. The molecule has 0 saturated carbocycles. The van der Waals surface area contributed by atoms with Crippen LogP contribution in [0.15, 0.2) is 48.5 Å². The number of hydrogen-bond acceptors (Lipinski definition) is 3. The van der Waals surface area contributed by atoms with Crippen LogP contribution in [0.1, 0.15) is 36.7 Å². The summed E-state index contributed by atoms with van der Waals surface area (Å²) in [6, 6.07) is 13.4. The van der Waals surface area contributed by atoms with Crippen molar-refractivity contribution in [2.45, 2.75) is 27.2 Å². The van der Waals surface area contributed by atoms with Gasteiger partial charge in [0.2, 0.25) is 11.8 Å². The van der Waals surface area contributed by atoms with Gasteiger partial charge < -0.3 is 5.32 Å². The van der Waals surface area contributed by atoms with Crippen molar-refractivity contribution in [3.05, 3.63) is 64.7 Å². The van der Waals surface area contributed by atoms with Crippen LogP contribution in [0.5, 0.6) is 0 Å². The summed E-state index contributed by atoms with van der Waals surface area (Å²) in [6.45, 7) is 5.40. The Morgan fingerprint density at radius 1 is 0.963 bits per heavy atom. The number of hydrazine groups is 1. The lowest BCUT2D eigenvalue weighted by molar-refractivity contribution is -0.123. The van der Waals surface area contributed by atoms with Gasteiger partial charge in [-0.1, -0.05) is 50.6 Å². The first-order chi connectivity index (χ1) is 12.6. The molecule has 0 aromatic heterocycles. The van der Waals surface area contributed by atoms with Crippen molar-refractivity contribution in [3.8, 4) is 0 Å². The van der Waals surface area contributed by atoms with Crippen LogP contribution in [0, 0.1) is 5.41 Å². The Hall–Kier alpha value is -2.86. The van der Waals surface area contributed by atoms with Crippen LogP contribution in [-0.2, 0) is 16.0 Å². The molecule has 0 atom stereocenters. The Kier molecular flexibility index (Phi) is 6.58. The average molecular weight is 388 g/mol. The first-order valence-electron chi connectivity index (χ1n) is 8.40. The molecular weight excluding hydrogens is 366 g/mol. The number of rotatable bonds is 4. The molecule has 3 amide bonds. The third-order valence-electron chi connectivity index (χ3n) is 3.66. The lowest BCUT2D eigenvalue weighted by Gasteiger charge is -2.18. The molecule has 0 aliphatic carbocycles. The summed E-state index contributed by atoms with van der Waals surface area (Å²) in [5.74, 6) is -0.995. The zero-order valence-corrected chi connectivity index (χ0v) is 16.2. The van der Waals surface area contributed by atoms with E-state index in [0.717, 1.165) is 5.56 Å². The molecule has 0 unspecified atom stereocenters. The van der Waals surface area contributed by atoms with Crippen LogP contribution >= 0.6 is 11.6 Å². The summed E-state index contributed by atoms with van der Waals surface area (Å²) in [5, 5.41) is 3.35. The van der Waals surface area contributed by atoms with Crippen molar-refractivity contribution in [1.82, 2.24) is 10.9 Å². The molecular formula is C20H22ClN3O3. The molecule has 0 spiro atoms. The Bertz CT molecular complexity index is 842. The van der Waals surface area contributed by atoms with Crippen LogP contribution in [0.3, 0.4) is 0 Å². The fraction of sp³-hybridized carbons (Fsp3) is 0.250. The number of carbonyl (C=O) groups excluding carboxylic acids is 3. The smallest absolute Gasteiger partial charge is 0.269 e. The van der Waals surface area contributed by atoms with Crippen LogP contribution in [-0.4, -0.2) is 17.7 Å². The van der Waals surface area contributed by atoms with Gasteiger partial charge in [-0.25, -0.2) is 0 Å². The van der Waals surface area contributed by atoms with Gasteiger partial charge in [-0.05, 0) is 35.9 Å². The second-order valence-corrected chi connectivity index (χ2v) is 7.53. The quantitative estimate of drug-likeness (QED) is 0.703. The van der Waals surface area contributed by atoms with E-state index in [0.29, 0.717) is 16.3 Å². The minimum Gasteiger partial charge on any atom is -0.326 e. The van der Waals surface area contributed by atoms with Gasteiger partial charge in [-0.3, -0.25) is 25.2 Å². The SMILES string of the molecule is CC(C)(C)C(=O)Nc1cccc(C(=O)NNC(=O)Cc2ccc(Cl)cc2)c1. The van der Waals surface area contributed by atoms with Crippen molar-refractivity contribution >= 4 is 35.0 Å². The maximum Gasteiger partial charge on any atom is 0.269 e. The third-order valence-corrected chi connectivity index (χ3v) is 3.91. The number of halogens is 1. The van der Waals surface area contributed by atoms with Crippen molar-refractivity contribution in [3.63, 3.8) is 0 Å². The minimum atomic E-state index is -0.548. The first kappa shape index (κ1) is 20.5. The average Bonchev–Trinajstić information content (AvgIpc) is 2.61. The van der Waals surface area contributed by atoms with Crippen molar-refractivity contribution in [1.29, 1.82) is 0 Å². The van der Waals surface area contributed by atoms with Gasteiger partial charge in [0.25, 0.3) is 5.91 Å². The molecule has 0 saturated heterocycles. The van der Waals surface area contributed by atoms with Crippen molar-refractivity contribution < 1.29 is 14.4 Å². The zero-order valence-electron chi connectivity index (χ0n) is 15.4. The number of carbonyl (C=O) groups is 3. The Morgan fingerprint density at radius 2 is 1.63 bits per heavy atom. The molecule has 0 fully saturated rings. The van der Waals surface area contributed by atoms with Crippen LogP contribution < -0.4 is 16.2 Å². The fourth-order valence-corrected chi connectivity index (χ4v) is 2.21. The molecule has 0 heterocycles. The van der Waals surface area contributed by atoms with E-state index < -0.39 is 11.3 Å². The van der Waals surface area contributed by atoms with E-state index in [1.54, 1.807) is 69.3 Å². The molecule has 27 heavy (non-hydrogen) atoms. The lowest BCUT2D eigenvalue weighted by atomic mass is 9.95. The maximum atomic E-state index is 12.2. The van der Waals surface area contributed by atoms with Crippen LogP contribution in [0.4, 0.5) is 5.69 Å². The molecule has 2 aromatic rings. The highest BCUT2D eigenvalue weighted by molar-refractivity contribution is 6.30. The summed E-state index contributed by atoms with van der Waals surface area (Å²) in [5.41, 5.74) is 5.78. The van der Waals surface area contributed by atoms with Crippen LogP contribution in [0.2, 0.25) is 5.02 Å². The predicted molar refractivity (Wildman–Crippen MR) is 105 cm³/mol. The number of hydrogen-bond donors (Lipinski definition) is 3. The second-order valence-electron chi connectivity index (χ2n) is 7.09. The van der Waals surface area contributed by atoms with Gasteiger partial charge in [0.15, 0.2) is 0 Å². The van der Waals surface area contributed by atoms with E-state index in [-0.39, 0.29) is 18.2 Å². The van der Waals surface area contributed by atoms with Crippen molar-refractivity contribution in [2.24, 2.45) is 5.41 Å². The standard InChI is InChI=1S/C20H22ClN3O3/c1-20(2,3)19(27)22-16-6-4-5-14(12-16)18(26)24-23-17(25)11-13-7-9-15(21)10-8-13/h4-10,12H,11H2,1-3H3,(H,22,27)(H,23,25)(H,24,26). The molecule has 0 radical (unpaired) electrons. The van der Waals surface area contributed by atoms with Crippen LogP contribution in [0.25, 0.3) is 0 Å². The van der Waals surface area contributed by atoms with E-state index in [1.807, 2.05) is 0 Å². The number of benzene rings is 2. The second kappa shape index (κ2) is 8.68. The summed E-state index contributed by atoms with van der Waals surface area (Å²) >= 11 is 5.80. The molecule has 142 valence electrons. The normalized spacial score (nSPS) is 10.8. The molecule has 0 bridgehead atoms. The molecule has 0 aliphatic rings. The number of anilines is 1. The van der Waals surface area contributed by atoms with Gasteiger partial charge >= 0.3 is 0 Å². The molecule has 6 nitrogen and oxygen atoms in total. The Labute approximate surface area is 163 Å². The highest BCUT2D eigenvalue weighted by Crippen LogP contribution is 2.18. The van der Waals surface area contributed by atoms with E-state index in [4.69, 9.17) is 11.6 Å². The number of nitrogens with one attached hydrogen (secondary N) is 3. The summed E-state index contributed by atoms with van der Waals surface area (Å²) in [6.07, 6.45) is 0.110. The molecule has 0 aliphatic heterocycles. The van der Waals surface area contributed by atoms with Gasteiger partial charge in [-0.15, -0.1) is 0 Å². The molecule has 2 aromatic carbocycles. The molecule has 3 N–H and O–H groups in total. The van der Waals surface area contributed by atoms with E-state index >= 15 is 0 Å². The Balaban J connectivity index is 1.92. The number of amides is 3. The van der Waals surface area contributed by atoms with E-state index in [9.17, 15) is 14.4 Å². The largest absolute Gasteiger partial charge is 0.326 e. The summed E-state index contributed by atoms with van der Waals surface area (Å²) in [7, 11) is 0. The van der Waals surface area contributed by atoms with Gasteiger partial charge in [0, 0.05) is 21.7 Å². The van der Waals surface area contributed by atoms with E-state index in [1.165, 1.54) is 0 Å². The monoisotopic (exact) mass is 387 g/mol. The Morgan fingerprint density at radius 3 is 2.26 bits per heavy atom. The zero-order chi connectivity index (χ0) is 20.0. The third kappa shape index (κ3) is 6.42. The molecule has 2 rings (SSSR count). The summed E-state index contributed by atoms with van der Waals surface area (Å²) in [4.78, 5) is 36.2. The van der Waals surface area contributed by atoms with Gasteiger partial charge in [0.1, 0.15) is 0 Å². The van der Waals surface area contributed by atoms with E-state index in [2.05, 4.69) is 16.2 Å². The fourth-order valence-electron chi connectivity index (χ4n) is 2.09. The van der Waals surface area contributed by atoms with Gasteiger partial charge in [0.05, 0.1) is 6.42 Å². The first-order valence-corrected chi connectivity index (χ1v) is 8.78. The summed E-state index contributed by atoms with van der Waals surface area (Å²) < 4.78 is 0. The van der Waals surface area contributed by atoms with Gasteiger partial charge in [-0.2, -0.15) is 0 Å². The topological polar surface area (TPSA) is 87.3 Å².